The van der Waals surface area contributed by atoms with E-state index in [1.807, 2.05) is 19.1 Å². The fourth-order valence-electron chi connectivity index (χ4n) is 1.55. The van der Waals surface area contributed by atoms with Crippen molar-refractivity contribution in [3.8, 4) is 12.3 Å². The molecule has 0 amide bonds. The highest BCUT2D eigenvalue weighted by molar-refractivity contribution is 5.42. The second kappa shape index (κ2) is 6.14. The molecule has 0 saturated carbocycles. The molecule has 0 fully saturated rings. The van der Waals surface area contributed by atoms with Gasteiger partial charge in [0.1, 0.15) is 5.82 Å². The molecule has 86 valence electrons. The van der Waals surface area contributed by atoms with Gasteiger partial charge in [-0.15, -0.1) is 6.42 Å². The Hall–Kier alpha value is -1.53. The first-order valence-corrected chi connectivity index (χ1v) is 5.59. The van der Waals surface area contributed by atoms with Gasteiger partial charge in [-0.3, -0.25) is 0 Å². The Morgan fingerprint density at radius 3 is 2.94 bits per heavy atom. The summed E-state index contributed by atoms with van der Waals surface area (Å²) < 4.78 is 0. The van der Waals surface area contributed by atoms with E-state index in [-0.39, 0.29) is 6.04 Å². The summed E-state index contributed by atoms with van der Waals surface area (Å²) in [5, 5.41) is 0. The lowest BCUT2D eigenvalue weighted by atomic mass is 10.1. The van der Waals surface area contributed by atoms with E-state index in [2.05, 4.69) is 22.7 Å². The molecule has 0 saturated heterocycles. The SMILES string of the molecule is C#CCN(CCC)c1cc(C(C)N)ccn1. The van der Waals surface area contributed by atoms with Crippen LogP contribution in [0, 0.1) is 12.3 Å². The van der Waals surface area contributed by atoms with Gasteiger partial charge in [0.2, 0.25) is 0 Å². The van der Waals surface area contributed by atoms with Crippen LogP contribution in [0.25, 0.3) is 0 Å². The molecule has 1 aromatic rings. The maximum Gasteiger partial charge on any atom is 0.129 e. The number of nitrogens with two attached hydrogens (primary N) is 1. The number of rotatable bonds is 5. The highest BCUT2D eigenvalue weighted by Gasteiger charge is 2.07. The highest BCUT2D eigenvalue weighted by atomic mass is 15.2. The number of aromatic nitrogens is 1. The van der Waals surface area contributed by atoms with Gasteiger partial charge in [-0.2, -0.15) is 0 Å². The van der Waals surface area contributed by atoms with E-state index in [9.17, 15) is 0 Å². The normalized spacial score (nSPS) is 11.9. The van der Waals surface area contributed by atoms with Crippen LogP contribution in [0.15, 0.2) is 18.3 Å². The molecular formula is C13H19N3. The molecule has 16 heavy (non-hydrogen) atoms. The molecule has 1 aromatic heterocycles. The maximum atomic E-state index is 5.84. The van der Waals surface area contributed by atoms with Crippen molar-refractivity contribution in [1.29, 1.82) is 0 Å². The molecule has 1 heterocycles. The average Bonchev–Trinajstić information content (AvgIpc) is 2.29. The molecule has 2 N–H and O–H groups in total. The molecular weight excluding hydrogens is 198 g/mol. The zero-order chi connectivity index (χ0) is 12.0. The molecule has 1 atom stereocenters. The van der Waals surface area contributed by atoms with Crippen molar-refractivity contribution < 1.29 is 0 Å². The predicted molar refractivity (Wildman–Crippen MR) is 68.2 cm³/mol. The van der Waals surface area contributed by atoms with Gasteiger partial charge >= 0.3 is 0 Å². The summed E-state index contributed by atoms with van der Waals surface area (Å²) >= 11 is 0. The number of anilines is 1. The Kier molecular flexibility index (Phi) is 4.81. The maximum absolute atomic E-state index is 5.84. The quantitative estimate of drug-likeness (QED) is 0.766. The topological polar surface area (TPSA) is 42.1 Å². The summed E-state index contributed by atoms with van der Waals surface area (Å²) in [5.74, 6) is 3.57. The lowest BCUT2D eigenvalue weighted by Gasteiger charge is -2.21. The molecule has 1 unspecified atom stereocenters. The van der Waals surface area contributed by atoms with E-state index in [1.165, 1.54) is 0 Å². The van der Waals surface area contributed by atoms with Crippen LogP contribution in [0.5, 0.6) is 0 Å². The minimum absolute atomic E-state index is 0.0241. The van der Waals surface area contributed by atoms with Gasteiger partial charge in [0.25, 0.3) is 0 Å². The molecule has 0 bridgehead atoms. The van der Waals surface area contributed by atoms with Crippen LogP contribution >= 0.6 is 0 Å². The second-order valence-corrected chi connectivity index (χ2v) is 3.86. The third kappa shape index (κ3) is 3.25. The van der Waals surface area contributed by atoms with E-state index in [4.69, 9.17) is 12.2 Å². The molecule has 0 aromatic carbocycles. The Bertz CT molecular complexity index is 366. The van der Waals surface area contributed by atoms with E-state index in [0.717, 1.165) is 24.3 Å². The molecule has 0 spiro atoms. The van der Waals surface area contributed by atoms with Crippen LogP contribution in [-0.4, -0.2) is 18.1 Å². The number of hydrogen-bond donors (Lipinski definition) is 1. The summed E-state index contributed by atoms with van der Waals surface area (Å²) in [4.78, 5) is 6.42. The zero-order valence-corrected chi connectivity index (χ0v) is 9.98. The Morgan fingerprint density at radius 2 is 2.38 bits per heavy atom. The summed E-state index contributed by atoms with van der Waals surface area (Å²) in [7, 11) is 0. The van der Waals surface area contributed by atoms with Crippen molar-refractivity contribution in [2.75, 3.05) is 18.0 Å². The van der Waals surface area contributed by atoms with E-state index in [0.29, 0.717) is 6.54 Å². The summed E-state index contributed by atoms with van der Waals surface area (Å²) in [6, 6.07) is 3.97. The molecule has 1 rings (SSSR count). The van der Waals surface area contributed by atoms with Gasteiger partial charge < -0.3 is 10.6 Å². The van der Waals surface area contributed by atoms with Crippen molar-refractivity contribution in [3.63, 3.8) is 0 Å². The molecule has 0 radical (unpaired) electrons. The highest BCUT2D eigenvalue weighted by Crippen LogP contribution is 2.16. The van der Waals surface area contributed by atoms with Gasteiger partial charge in [0.05, 0.1) is 6.54 Å². The summed E-state index contributed by atoms with van der Waals surface area (Å²) in [6.45, 7) is 5.59. The van der Waals surface area contributed by atoms with E-state index in [1.54, 1.807) is 6.20 Å². The van der Waals surface area contributed by atoms with Gasteiger partial charge in [-0.05, 0) is 31.0 Å². The average molecular weight is 217 g/mol. The Morgan fingerprint density at radius 1 is 1.62 bits per heavy atom. The Balaban J connectivity index is 2.91. The first-order valence-electron chi connectivity index (χ1n) is 5.59. The van der Waals surface area contributed by atoms with Gasteiger partial charge in [-0.1, -0.05) is 12.8 Å². The van der Waals surface area contributed by atoms with Crippen LogP contribution in [-0.2, 0) is 0 Å². The zero-order valence-electron chi connectivity index (χ0n) is 9.98. The van der Waals surface area contributed by atoms with Crippen molar-refractivity contribution in [1.82, 2.24) is 4.98 Å². The van der Waals surface area contributed by atoms with Crippen molar-refractivity contribution in [3.05, 3.63) is 23.9 Å². The third-order valence-electron chi connectivity index (χ3n) is 2.40. The molecule has 3 heteroatoms. The lowest BCUT2D eigenvalue weighted by Crippen LogP contribution is -2.25. The summed E-state index contributed by atoms with van der Waals surface area (Å²) in [5.41, 5.74) is 6.93. The smallest absolute Gasteiger partial charge is 0.129 e. The van der Waals surface area contributed by atoms with Crippen LogP contribution < -0.4 is 10.6 Å². The minimum atomic E-state index is 0.0241. The lowest BCUT2D eigenvalue weighted by molar-refractivity contribution is 0.790. The fraction of sp³-hybridized carbons (Fsp3) is 0.462. The first kappa shape index (κ1) is 12.5. The molecule has 3 nitrogen and oxygen atoms in total. The van der Waals surface area contributed by atoms with Crippen LogP contribution in [0.3, 0.4) is 0 Å². The number of pyridine rings is 1. The van der Waals surface area contributed by atoms with Gasteiger partial charge in [-0.25, -0.2) is 4.98 Å². The first-order chi connectivity index (χ1) is 7.69. The standard InChI is InChI=1S/C13H19N3/c1-4-8-16(9-5-2)13-10-12(11(3)14)6-7-15-13/h1,6-7,10-11H,5,8-9,14H2,2-3H3. The van der Waals surface area contributed by atoms with Gasteiger partial charge in [0.15, 0.2) is 0 Å². The predicted octanol–water partition coefficient (Wildman–Crippen LogP) is 1.95. The van der Waals surface area contributed by atoms with Crippen LogP contribution in [0.4, 0.5) is 5.82 Å². The van der Waals surface area contributed by atoms with Crippen LogP contribution in [0.2, 0.25) is 0 Å². The van der Waals surface area contributed by atoms with E-state index >= 15 is 0 Å². The molecule has 0 aliphatic carbocycles. The van der Waals surface area contributed by atoms with Gasteiger partial charge in [0, 0.05) is 18.8 Å². The summed E-state index contributed by atoms with van der Waals surface area (Å²) in [6.07, 6.45) is 8.18. The van der Waals surface area contributed by atoms with Crippen molar-refractivity contribution in [2.24, 2.45) is 5.73 Å². The number of nitrogens with zero attached hydrogens (tertiary/aromatic N) is 2. The minimum Gasteiger partial charge on any atom is -0.345 e. The monoisotopic (exact) mass is 217 g/mol. The molecule has 0 aliphatic heterocycles. The van der Waals surface area contributed by atoms with E-state index < -0.39 is 0 Å². The third-order valence-corrected chi connectivity index (χ3v) is 2.40. The van der Waals surface area contributed by atoms with Crippen LogP contribution in [0.1, 0.15) is 31.9 Å². The number of terminal acetylenes is 1. The second-order valence-electron chi connectivity index (χ2n) is 3.86. The largest absolute Gasteiger partial charge is 0.345 e. The molecule has 0 aliphatic rings. The van der Waals surface area contributed by atoms with Crippen molar-refractivity contribution in [2.45, 2.75) is 26.3 Å². The Labute approximate surface area is 97.7 Å². The van der Waals surface area contributed by atoms with Crippen molar-refractivity contribution >= 4 is 5.82 Å². The number of hydrogen-bond acceptors (Lipinski definition) is 3. The fourth-order valence-corrected chi connectivity index (χ4v) is 1.55.